The van der Waals surface area contributed by atoms with Gasteiger partial charge in [0, 0.05) is 11.0 Å². The maximum absolute atomic E-state index is 3.61. The summed E-state index contributed by atoms with van der Waals surface area (Å²) in [4.78, 5) is 0. The Morgan fingerprint density at radius 2 is 1.67 bits per heavy atom. The average molecular weight is 310 g/mol. The second-order valence-electron chi connectivity index (χ2n) is 5.55. The van der Waals surface area contributed by atoms with E-state index in [1.165, 1.54) is 44.2 Å². The number of hydrogen-bond acceptors (Lipinski definition) is 1. The second kappa shape index (κ2) is 7.30. The van der Waals surface area contributed by atoms with Crippen molar-refractivity contribution in [3.63, 3.8) is 0 Å². The Bertz CT molecular complexity index is 339. The van der Waals surface area contributed by atoms with Crippen LogP contribution in [-0.2, 0) is 6.54 Å². The van der Waals surface area contributed by atoms with Gasteiger partial charge in [0.15, 0.2) is 0 Å². The first-order valence-electron chi connectivity index (χ1n) is 7.23. The molecule has 0 aromatic heterocycles. The van der Waals surface area contributed by atoms with E-state index < -0.39 is 0 Å². The molecule has 1 fully saturated rings. The van der Waals surface area contributed by atoms with Crippen LogP contribution in [0.3, 0.4) is 0 Å². The molecule has 0 atom stereocenters. The van der Waals surface area contributed by atoms with Gasteiger partial charge >= 0.3 is 0 Å². The van der Waals surface area contributed by atoms with Crippen LogP contribution in [0.25, 0.3) is 0 Å². The first-order valence-corrected chi connectivity index (χ1v) is 8.02. The minimum absolute atomic E-state index is 0.906. The lowest BCUT2D eigenvalue weighted by atomic mass is 9.81. The van der Waals surface area contributed by atoms with E-state index in [0.717, 1.165) is 22.9 Å². The third-order valence-electron chi connectivity index (χ3n) is 4.22. The monoisotopic (exact) mass is 309 g/mol. The molecule has 18 heavy (non-hydrogen) atoms. The molecule has 1 saturated carbocycles. The molecule has 0 spiro atoms. The standard InChI is InChI=1S/C16H24BrN/c1-2-13-3-5-14(6-4-13)11-18-12-15-7-9-16(17)10-8-15/h7-10,13-14,18H,2-6,11-12H2,1H3. The predicted octanol–water partition coefficient (Wildman–Crippen LogP) is 4.76. The molecule has 2 heteroatoms. The Hall–Kier alpha value is -0.340. The van der Waals surface area contributed by atoms with Crippen LogP contribution in [0.5, 0.6) is 0 Å². The molecule has 1 aromatic rings. The third kappa shape index (κ3) is 4.40. The lowest BCUT2D eigenvalue weighted by Crippen LogP contribution is -2.26. The van der Waals surface area contributed by atoms with E-state index in [2.05, 4.69) is 52.4 Å². The highest BCUT2D eigenvalue weighted by atomic mass is 79.9. The predicted molar refractivity (Wildman–Crippen MR) is 81.6 cm³/mol. The number of rotatable bonds is 5. The van der Waals surface area contributed by atoms with Gasteiger partial charge in [0.25, 0.3) is 0 Å². The van der Waals surface area contributed by atoms with Gasteiger partial charge in [0.05, 0.1) is 0 Å². The molecule has 0 aliphatic heterocycles. The smallest absolute Gasteiger partial charge is 0.0205 e. The van der Waals surface area contributed by atoms with Crippen LogP contribution in [0, 0.1) is 11.8 Å². The zero-order chi connectivity index (χ0) is 12.8. The summed E-state index contributed by atoms with van der Waals surface area (Å²) in [6.45, 7) is 4.52. The molecule has 1 aliphatic carbocycles. The molecule has 2 rings (SSSR count). The van der Waals surface area contributed by atoms with Crippen molar-refractivity contribution in [2.45, 2.75) is 45.6 Å². The summed E-state index contributed by atoms with van der Waals surface area (Å²) >= 11 is 3.47. The lowest BCUT2D eigenvalue weighted by molar-refractivity contribution is 0.262. The van der Waals surface area contributed by atoms with E-state index in [-0.39, 0.29) is 0 Å². The summed E-state index contributed by atoms with van der Waals surface area (Å²) in [6.07, 6.45) is 7.11. The Morgan fingerprint density at radius 1 is 1.06 bits per heavy atom. The van der Waals surface area contributed by atoms with E-state index in [4.69, 9.17) is 0 Å². The SMILES string of the molecule is CCC1CCC(CNCc2ccc(Br)cc2)CC1. The molecular weight excluding hydrogens is 286 g/mol. The van der Waals surface area contributed by atoms with E-state index in [0.29, 0.717) is 0 Å². The molecule has 100 valence electrons. The first-order chi connectivity index (χ1) is 8.78. The first kappa shape index (κ1) is 14.1. The molecule has 1 nitrogen and oxygen atoms in total. The summed E-state index contributed by atoms with van der Waals surface area (Å²) < 4.78 is 1.16. The molecule has 1 aromatic carbocycles. The Morgan fingerprint density at radius 3 is 2.28 bits per heavy atom. The highest BCUT2D eigenvalue weighted by Gasteiger charge is 2.19. The second-order valence-corrected chi connectivity index (χ2v) is 6.47. The zero-order valence-corrected chi connectivity index (χ0v) is 12.9. The Labute approximate surface area is 119 Å². The Kier molecular flexibility index (Phi) is 5.71. The van der Waals surface area contributed by atoms with E-state index in [1.807, 2.05) is 0 Å². The normalized spacial score (nSPS) is 24.1. The molecule has 0 unspecified atom stereocenters. The summed E-state index contributed by atoms with van der Waals surface area (Å²) in [7, 11) is 0. The summed E-state index contributed by atoms with van der Waals surface area (Å²) in [5.74, 6) is 1.91. The summed E-state index contributed by atoms with van der Waals surface area (Å²) in [6, 6.07) is 8.60. The van der Waals surface area contributed by atoms with Gasteiger partial charge in [-0.15, -0.1) is 0 Å². The van der Waals surface area contributed by atoms with Crippen molar-refractivity contribution < 1.29 is 0 Å². The topological polar surface area (TPSA) is 12.0 Å². The number of nitrogens with one attached hydrogen (secondary N) is 1. The summed E-state index contributed by atoms with van der Waals surface area (Å²) in [5, 5.41) is 3.61. The van der Waals surface area contributed by atoms with Crippen LogP contribution < -0.4 is 5.32 Å². The van der Waals surface area contributed by atoms with Crippen molar-refractivity contribution in [2.24, 2.45) is 11.8 Å². The lowest BCUT2D eigenvalue weighted by Gasteiger charge is -2.27. The molecular formula is C16H24BrN. The molecule has 0 bridgehead atoms. The fourth-order valence-electron chi connectivity index (χ4n) is 2.87. The molecule has 1 aliphatic rings. The van der Waals surface area contributed by atoms with E-state index in [1.54, 1.807) is 0 Å². The van der Waals surface area contributed by atoms with Crippen LogP contribution in [0.1, 0.15) is 44.6 Å². The number of halogens is 1. The van der Waals surface area contributed by atoms with Gasteiger partial charge in [-0.3, -0.25) is 0 Å². The maximum Gasteiger partial charge on any atom is 0.0205 e. The highest BCUT2D eigenvalue weighted by molar-refractivity contribution is 9.10. The van der Waals surface area contributed by atoms with Crippen LogP contribution in [0.4, 0.5) is 0 Å². The minimum Gasteiger partial charge on any atom is -0.312 e. The van der Waals surface area contributed by atoms with E-state index >= 15 is 0 Å². The van der Waals surface area contributed by atoms with Gasteiger partial charge in [0.2, 0.25) is 0 Å². The van der Waals surface area contributed by atoms with E-state index in [9.17, 15) is 0 Å². The fraction of sp³-hybridized carbons (Fsp3) is 0.625. The van der Waals surface area contributed by atoms with Gasteiger partial charge in [-0.25, -0.2) is 0 Å². The summed E-state index contributed by atoms with van der Waals surface area (Å²) in [5.41, 5.74) is 1.38. The van der Waals surface area contributed by atoms with Gasteiger partial charge in [-0.05, 0) is 48.9 Å². The zero-order valence-electron chi connectivity index (χ0n) is 11.3. The number of benzene rings is 1. The molecule has 0 heterocycles. The number of hydrogen-bond donors (Lipinski definition) is 1. The van der Waals surface area contributed by atoms with Gasteiger partial charge < -0.3 is 5.32 Å². The van der Waals surface area contributed by atoms with Crippen LogP contribution in [-0.4, -0.2) is 6.54 Å². The van der Waals surface area contributed by atoms with Crippen molar-refractivity contribution >= 4 is 15.9 Å². The van der Waals surface area contributed by atoms with Crippen molar-refractivity contribution in [1.82, 2.24) is 5.32 Å². The molecule has 0 amide bonds. The minimum atomic E-state index is 0.906. The van der Waals surface area contributed by atoms with Crippen LogP contribution in [0.2, 0.25) is 0 Å². The highest BCUT2D eigenvalue weighted by Crippen LogP contribution is 2.30. The molecule has 0 saturated heterocycles. The largest absolute Gasteiger partial charge is 0.312 e. The van der Waals surface area contributed by atoms with Crippen molar-refractivity contribution in [1.29, 1.82) is 0 Å². The van der Waals surface area contributed by atoms with Gasteiger partial charge in [-0.1, -0.05) is 54.2 Å². The van der Waals surface area contributed by atoms with Crippen LogP contribution >= 0.6 is 15.9 Å². The average Bonchev–Trinajstić information content (AvgIpc) is 2.42. The molecule has 1 N–H and O–H groups in total. The fourth-order valence-corrected chi connectivity index (χ4v) is 3.13. The Balaban J connectivity index is 1.65. The van der Waals surface area contributed by atoms with Gasteiger partial charge in [-0.2, -0.15) is 0 Å². The molecule has 0 radical (unpaired) electrons. The quantitative estimate of drug-likeness (QED) is 0.827. The van der Waals surface area contributed by atoms with Crippen molar-refractivity contribution in [3.8, 4) is 0 Å². The van der Waals surface area contributed by atoms with Crippen molar-refractivity contribution in [2.75, 3.05) is 6.54 Å². The van der Waals surface area contributed by atoms with Crippen LogP contribution in [0.15, 0.2) is 28.7 Å². The van der Waals surface area contributed by atoms with Gasteiger partial charge in [0.1, 0.15) is 0 Å². The third-order valence-corrected chi connectivity index (χ3v) is 4.75. The maximum atomic E-state index is 3.61. The van der Waals surface area contributed by atoms with Crippen molar-refractivity contribution in [3.05, 3.63) is 34.3 Å².